The Balaban J connectivity index is 0.00000307. The average Bonchev–Trinajstić information content (AvgIpc) is 3.64. The summed E-state index contributed by atoms with van der Waals surface area (Å²) < 4.78 is 101. The van der Waals surface area contributed by atoms with Crippen LogP contribution >= 0.6 is 0 Å². The van der Waals surface area contributed by atoms with Gasteiger partial charge in [0.15, 0.2) is 6.26 Å². The number of benzene rings is 1. The van der Waals surface area contributed by atoms with E-state index in [1.54, 1.807) is 0 Å². The molecule has 84 heavy (non-hydrogen) atoms. The van der Waals surface area contributed by atoms with E-state index in [1.807, 2.05) is 0 Å². The van der Waals surface area contributed by atoms with Crippen molar-refractivity contribution in [3.63, 3.8) is 0 Å². The van der Waals surface area contributed by atoms with Gasteiger partial charge in [0, 0.05) is 0 Å². The van der Waals surface area contributed by atoms with Crippen LogP contribution in [-0.4, -0.2) is 218 Å². The summed E-state index contributed by atoms with van der Waals surface area (Å²) in [5.41, 5.74) is 5.23. The molecular weight excluding hydrogens is 1120 g/mol. The standard InChI is InChI=1S/C48H90O16S.C12H15N3O3.Na/c1-3-5-7-9-11-13-15-17-46-19-20-48(47(45-46)18-16-14-12-10-8-6-4-2)63-43-41-61-39-37-59-35-33-57-31-29-55-27-25-53-23-21-52-22-24-54-26-28-56-30-32-58-34-36-60-38-40-62-42-44-64-65(49,50)51;1-4-7-18-15-9-13(11(16)5-2)8-14(10-15)12(17)6-3;/h19-20,45H,3-18,21-44H2,1-2H3,(H,49,50,51);5-7H,1-3,8-10H2;/q;;+1/p-1. The number of hydrogen-bond acceptors (Lipinski definition) is 20. The third-order valence-corrected chi connectivity index (χ3v) is 12.6. The third-order valence-electron chi connectivity index (χ3n) is 12.2. The molecule has 480 valence electrons. The van der Waals surface area contributed by atoms with Gasteiger partial charge in [0.2, 0.25) is 22.2 Å². The quantitative estimate of drug-likeness (QED) is 0.0163. The Morgan fingerprint density at radius 2 is 0.833 bits per heavy atom. The molecule has 1 aliphatic heterocycles. The van der Waals surface area contributed by atoms with Crippen LogP contribution in [0.3, 0.4) is 0 Å². The Kier molecular flexibility index (Phi) is 58.4. The molecule has 0 unspecified atom stereocenters. The summed E-state index contributed by atoms with van der Waals surface area (Å²) in [6, 6.07) is 6.84. The first-order chi connectivity index (χ1) is 40.6. The molecule has 2 rings (SSSR count). The maximum Gasteiger partial charge on any atom is 1.00 e. The number of rotatable bonds is 58. The van der Waals surface area contributed by atoms with Crippen LogP contribution in [0, 0.1) is 0 Å². The number of aryl methyl sites for hydroxylation is 2. The van der Waals surface area contributed by atoms with Gasteiger partial charge in [-0.1, -0.05) is 128 Å². The minimum Gasteiger partial charge on any atom is -0.726 e. The number of hydrogen-bond donors (Lipinski definition) is 0. The number of carbonyl (C=O) groups excluding carboxylic acids is 2. The van der Waals surface area contributed by atoms with Crippen molar-refractivity contribution in [2.75, 3.05) is 179 Å². The first kappa shape index (κ1) is 81.2. The average molecular weight is 1230 g/mol. The van der Waals surface area contributed by atoms with Crippen molar-refractivity contribution in [1.82, 2.24) is 14.9 Å². The molecule has 0 atom stereocenters. The smallest absolute Gasteiger partial charge is 0.726 e. The van der Waals surface area contributed by atoms with Crippen LogP contribution in [0.2, 0.25) is 0 Å². The molecular formula is C60H104N3NaO19S. The van der Waals surface area contributed by atoms with E-state index < -0.39 is 10.4 Å². The van der Waals surface area contributed by atoms with Gasteiger partial charge in [0.1, 0.15) is 25.7 Å². The molecule has 1 aromatic rings. The van der Waals surface area contributed by atoms with Crippen molar-refractivity contribution in [1.29, 1.82) is 0 Å². The zero-order chi connectivity index (χ0) is 60.4. The fourth-order valence-electron chi connectivity index (χ4n) is 7.83. The summed E-state index contributed by atoms with van der Waals surface area (Å²) in [6.07, 6.45) is 24.4. The molecule has 0 aromatic heterocycles. The van der Waals surface area contributed by atoms with Gasteiger partial charge in [-0.25, -0.2) is 8.42 Å². The molecule has 22 nitrogen and oxygen atoms in total. The number of unbranched alkanes of at least 4 members (excludes halogenated alkanes) is 12. The second-order valence-electron chi connectivity index (χ2n) is 19.0. The van der Waals surface area contributed by atoms with Crippen LogP contribution in [0.15, 0.2) is 62.1 Å². The summed E-state index contributed by atoms with van der Waals surface area (Å²) in [7, 11) is -4.68. The van der Waals surface area contributed by atoms with E-state index >= 15 is 0 Å². The molecule has 1 aliphatic rings. The van der Waals surface area contributed by atoms with Crippen molar-refractivity contribution < 1.29 is 118 Å². The van der Waals surface area contributed by atoms with Crippen LogP contribution in [-0.2, 0) is 94.0 Å². The van der Waals surface area contributed by atoms with Crippen LogP contribution in [0.4, 0.5) is 0 Å². The Morgan fingerprint density at radius 1 is 0.500 bits per heavy atom. The Hall–Kier alpha value is -2.85. The van der Waals surface area contributed by atoms with Crippen molar-refractivity contribution in [3.05, 3.63) is 73.2 Å². The van der Waals surface area contributed by atoms with E-state index in [1.165, 1.54) is 134 Å². The van der Waals surface area contributed by atoms with Crippen molar-refractivity contribution in [3.8, 4) is 5.75 Å². The van der Waals surface area contributed by atoms with Crippen LogP contribution < -0.4 is 34.3 Å². The fourth-order valence-corrected chi connectivity index (χ4v) is 8.10. The van der Waals surface area contributed by atoms with E-state index in [2.05, 4.69) is 61.7 Å². The van der Waals surface area contributed by atoms with Gasteiger partial charge in [-0.05, 0) is 55.0 Å². The van der Waals surface area contributed by atoms with E-state index in [9.17, 15) is 22.6 Å². The molecule has 24 heteroatoms. The molecule has 0 N–H and O–H groups in total. The minimum absolute atomic E-state index is 0. The third kappa shape index (κ3) is 51.2. The maximum atomic E-state index is 11.6. The molecule has 1 saturated heterocycles. The zero-order valence-electron chi connectivity index (χ0n) is 51.5. The Morgan fingerprint density at radius 3 is 1.18 bits per heavy atom. The number of hydroxylamine groups is 2. The number of nitrogens with zero attached hydrogens (tertiary/aromatic N) is 3. The summed E-state index contributed by atoms with van der Waals surface area (Å²) >= 11 is 0. The van der Waals surface area contributed by atoms with E-state index in [4.69, 9.17) is 61.7 Å². The monoisotopic (exact) mass is 1230 g/mol. The van der Waals surface area contributed by atoms with Gasteiger partial charge >= 0.3 is 29.6 Å². The summed E-state index contributed by atoms with van der Waals surface area (Å²) in [5.74, 6) is 0.439. The molecule has 2 amide bonds. The maximum absolute atomic E-state index is 11.6. The van der Waals surface area contributed by atoms with Gasteiger partial charge in [0.25, 0.3) is 0 Å². The number of carbonyl (C=O) groups is 2. The minimum atomic E-state index is -4.68. The van der Waals surface area contributed by atoms with Gasteiger partial charge < -0.3 is 76.0 Å². The molecule has 1 fully saturated rings. The first-order valence-corrected chi connectivity index (χ1v) is 31.2. The van der Waals surface area contributed by atoms with Gasteiger partial charge in [-0.2, -0.15) is 0 Å². The zero-order valence-corrected chi connectivity index (χ0v) is 54.3. The molecule has 1 aromatic carbocycles. The summed E-state index contributed by atoms with van der Waals surface area (Å²) in [6.45, 7) is 25.2. The van der Waals surface area contributed by atoms with Crippen LogP contribution in [0.25, 0.3) is 0 Å². The first-order valence-electron chi connectivity index (χ1n) is 29.9. The Labute approximate surface area is 526 Å². The topological polar surface area (TPSA) is 230 Å². The Bertz CT molecular complexity index is 1860. The second-order valence-corrected chi connectivity index (χ2v) is 20.0. The molecule has 0 bridgehead atoms. The van der Waals surface area contributed by atoms with Gasteiger partial charge in [0.05, 0.1) is 159 Å². The van der Waals surface area contributed by atoms with Crippen molar-refractivity contribution in [2.45, 2.75) is 117 Å². The SMILES string of the molecule is C=C=CON1CN(C(=O)C=C)CN(C(=O)C=C)C1.CCCCCCCCCc1ccc(OCCOCCOCCOCCOCCOCCOCCOCCOCCOCCOCCOCCOS(=O)(=O)[O-])c(CCCCCCCCC)c1.[Na+]. The second kappa shape index (κ2) is 60.4. The summed E-state index contributed by atoms with van der Waals surface area (Å²) in [5, 5.41) is 1.42. The van der Waals surface area contributed by atoms with Crippen molar-refractivity contribution in [2.24, 2.45) is 0 Å². The molecule has 0 aliphatic carbocycles. The molecule has 0 saturated carbocycles. The van der Waals surface area contributed by atoms with Gasteiger partial charge in [-0.15, -0.1) is 5.06 Å². The largest absolute Gasteiger partial charge is 1.00 e. The van der Waals surface area contributed by atoms with E-state index in [-0.39, 0.29) is 81.2 Å². The van der Waals surface area contributed by atoms with Crippen molar-refractivity contribution >= 4 is 22.2 Å². The van der Waals surface area contributed by atoms with E-state index in [0.29, 0.717) is 139 Å². The van der Waals surface area contributed by atoms with Gasteiger partial charge in [-0.3, -0.25) is 13.8 Å². The van der Waals surface area contributed by atoms with E-state index in [0.717, 1.165) is 18.6 Å². The van der Waals surface area contributed by atoms with Crippen LogP contribution in [0.5, 0.6) is 5.75 Å². The number of ether oxygens (including phenoxy) is 12. The van der Waals surface area contributed by atoms with Crippen LogP contribution in [0.1, 0.15) is 115 Å². The molecule has 0 radical (unpaired) electrons. The predicted octanol–water partition coefficient (Wildman–Crippen LogP) is 4.75. The number of amides is 2. The normalized spacial score (nSPS) is 12.5. The molecule has 1 heterocycles. The summed E-state index contributed by atoms with van der Waals surface area (Å²) in [4.78, 5) is 31.1. The predicted molar refractivity (Wildman–Crippen MR) is 315 cm³/mol. The molecule has 0 spiro atoms. The fraction of sp³-hybridized carbons (Fsp3) is 0.750.